The van der Waals surface area contributed by atoms with E-state index in [0.29, 0.717) is 28.9 Å². The van der Waals surface area contributed by atoms with Crippen molar-refractivity contribution in [1.29, 1.82) is 0 Å². The molecule has 0 radical (unpaired) electrons. The van der Waals surface area contributed by atoms with Crippen LogP contribution in [0.3, 0.4) is 0 Å². The van der Waals surface area contributed by atoms with Crippen molar-refractivity contribution in [2.75, 3.05) is 13.9 Å². The van der Waals surface area contributed by atoms with E-state index in [0.717, 1.165) is 11.1 Å². The summed E-state index contributed by atoms with van der Waals surface area (Å²) < 4.78 is 28.8. The largest absolute Gasteiger partial charge is 0.493 e. The average molecular weight is 361 g/mol. The first-order chi connectivity index (χ1) is 12.2. The molecule has 6 nitrogen and oxygen atoms in total. The summed E-state index contributed by atoms with van der Waals surface area (Å²) in [6, 6.07) is 9.76. The zero-order chi connectivity index (χ0) is 17.6. The van der Waals surface area contributed by atoms with Crippen molar-refractivity contribution < 1.29 is 18.6 Å². The summed E-state index contributed by atoms with van der Waals surface area (Å²) in [5.41, 5.74) is 4.41. The van der Waals surface area contributed by atoms with Crippen molar-refractivity contribution in [3.8, 4) is 17.2 Å². The van der Waals surface area contributed by atoms with E-state index in [4.69, 9.17) is 26.4 Å². The van der Waals surface area contributed by atoms with Gasteiger partial charge >= 0.3 is 0 Å². The van der Waals surface area contributed by atoms with Crippen LogP contribution in [0.2, 0.25) is 0 Å². The quantitative estimate of drug-likeness (QED) is 0.485. The van der Waals surface area contributed by atoms with Gasteiger partial charge in [0.05, 0.1) is 13.3 Å². The zero-order valence-corrected chi connectivity index (χ0v) is 14.2. The summed E-state index contributed by atoms with van der Waals surface area (Å²) in [6.45, 7) is 0.640. The van der Waals surface area contributed by atoms with Gasteiger partial charge in [-0.05, 0) is 42.0 Å². The van der Waals surface area contributed by atoms with Gasteiger partial charge in [0.15, 0.2) is 16.6 Å². The second kappa shape index (κ2) is 7.80. The predicted molar refractivity (Wildman–Crippen MR) is 95.7 cm³/mol. The molecular formula is C17H16FN3O3S. The minimum Gasteiger partial charge on any atom is -0.493 e. The van der Waals surface area contributed by atoms with Gasteiger partial charge in [-0.25, -0.2) is 4.39 Å². The third kappa shape index (κ3) is 4.36. The zero-order valence-electron chi connectivity index (χ0n) is 13.4. The fraction of sp³-hybridized carbons (Fsp3) is 0.176. The maximum atomic E-state index is 12.8. The molecule has 2 N–H and O–H groups in total. The second-order valence-electron chi connectivity index (χ2n) is 5.14. The van der Waals surface area contributed by atoms with Crippen LogP contribution in [-0.4, -0.2) is 25.2 Å². The number of halogens is 1. The van der Waals surface area contributed by atoms with E-state index in [9.17, 15) is 4.39 Å². The molecule has 2 aromatic carbocycles. The lowest BCUT2D eigenvalue weighted by molar-refractivity contribution is 0.171. The molecule has 0 saturated carbocycles. The number of rotatable bonds is 5. The van der Waals surface area contributed by atoms with Crippen LogP contribution in [0.4, 0.5) is 4.39 Å². The Hall–Kier alpha value is -2.87. The molecule has 2 aromatic rings. The third-order valence-corrected chi connectivity index (χ3v) is 3.66. The summed E-state index contributed by atoms with van der Waals surface area (Å²) in [6.07, 6.45) is 1.59. The molecular weight excluding hydrogens is 345 g/mol. The number of benzene rings is 2. The Labute approximate surface area is 149 Å². The summed E-state index contributed by atoms with van der Waals surface area (Å²) in [5, 5.41) is 7.42. The van der Waals surface area contributed by atoms with Gasteiger partial charge < -0.3 is 19.5 Å². The van der Waals surface area contributed by atoms with Gasteiger partial charge in [0.25, 0.3) is 0 Å². The molecule has 0 bridgehead atoms. The van der Waals surface area contributed by atoms with Gasteiger partial charge in [-0.1, -0.05) is 12.1 Å². The van der Waals surface area contributed by atoms with Crippen molar-refractivity contribution in [3.63, 3.8) is 0 Å². The van der Waals surface area contributed by atoms with E-state index in [1.807, 2.05) is 0 Å². The molecule has 25 heavy (non-hydrogen) atoms. The van der Waals surface area contributed by atoms with E-state index in [1.165, 1.54) is 12.1 Å². The molecule has 0 aliphatic carbocycles. The molecule has 8 heteroatoms. The Bertz CT molecular complexity index is 796. The SMILES string of the molecule is COc1cc(/C=N\NC(=S)NCc2ccc(F)cc2)cc2c1OCO2. The number of fused-ring (bicyclic) bond motifs is 1. The number of ether oxygens (including phenoxy) is 3. The van der Waals surface area contributed by atoms with Crippen molar-refractivity contribution in [1.82, 2.24) is 10.7 Å². The van der Waals surface area contributed by atoms with Gasteiger partial charge in [-0.2, -0.15) is 5.10 Å². The predicted octanol–water partition coefficient (Wildman–Crippen LogP) is 2.56. The fourth-order valence-corrected chi connectivity index (χ4v) is 2.34. The lowest BCUT2D eigenvalue weighted by atomic mass is 10.2. The second-order valence-corrected chi connectivity index (χ2v) is 5.54. The van der Waals surface area contributed by atoms with Crippen molar-refractivity contribution in [2.45, 2.75) is 6.54 Å². The molecule has 0 spiro atoms. The molecule has 0 aromatic heterocycles. The van der Waals surface area contributed by atoms with Crippen LogP contribution in [0.15, 0.2) is 41.5 Å². The molecule has 0 unspecified atom stereocenters. The molecule has 3 rings (SSSR count). The highest BCUT2D eigenvalue weighted by atomic mass is 32.1. The third-order valence-electron chi connectivity index (χ3n) is 3.43. The molecule has 0 fully saturated rings. The van der Waals surface area contributed by atoms with Crippen LogP contribution >= 0.6 is 12.2 Å². The monoisotopic (exact) mass is 361 g/mol. The topological polar surface area (TPSA) is 64.1 Å². The van der Waals surface area contributed by atoms with Gasteiger partial charge in [-0.15, -0.1) is 0 Å². The Morgan fingerprint density at radius 2 is 2.12 bits per heavy atom. The molecule has 0 amide bonds. The van der Waals surface area contributed by atoms with Crippen LogP contribution < -0.4 is 25.0 Å². The van der Waals surface area contributed by atoms with Gasteiger partial charge in [0, 0.05) is 12.1 Å². The van der Waals surface area contributed by atoms with Crippen LogP contribution in [-0.2, 0) is 6.54 Å². The average Bonchev–Trinajstić information content (AvgIpc) is 3.09. The van der Waals surface area contributed by atoms with E-state index in [2.05, 4.69) is 15.8 Å². The number of nitrogens with one attached hydrogen (secondary N) is 2. The normalized spacial score (nSPS) is 12.2. The van der Waals surface area contributed by atoms with E-state index >= 15 is 0 Å². The Kier molecular flexibility index (Phi) is 5.30. The van der Waals surface area contributed by atoms with Crippen molar-refractivity contribution >= 4 is 23.5 Å². The van der Waals surface area contributed by atoms with E-state index in [1.54, 1.807) is 37.6 Å². The number of hydrogen-bond donors (Lipinski definition) is 2. The van der Waals surface area contributed by atoms with E-state index < -0.39 is 0 Å². The highest BCUT2D eigenvalue weighted by molar-refractivity contribution is 7.80. The van der Waals surface area contributed by atoms with Crippen molar-refractivity contribution in [2.24, 2.45) is 5.10 Å². The number of nitrogens with zero attached hydrogens (tertiary/aromatic N) is 1. The number of thiocarbonyl (C=S) groups is 1. The molecule has 0 atom stereocenters. The Balaban J connectivity index is 1.54. The van der Waals surface area contributed by atoms with Gasteiger partial charge in [-0.3, -0.25) is 5.43 Å². The maximum Gasteiger partial charge on any atom is 0.231 e. The smallest absolute Gasteiger partial charge is 0.231 e. The minimum absolute atomic E-state index is 0.169. The Morgan fingerprint density at radius 1 is 1.32 bits per heavy atom. The first-order valence-corrected chi connectivity index (χ1v) is 7.85. The first-order valence-electron chi connectivity index (χ1n) is 7.44. The molecule has 130 valence electrons. The van der Waals surface area contributed by atoms with Crippen LogP contribution in [0.1, 0.15) is 11.1 Å². The van der Waals surface area contributed by atoms with Gasteiger partial charge in [0.2, 0.25) is 12.5 Å². The summed E-state index contributed by atoms with van der Waals surface area (Å²) in [4.78, 5) is 0. The summed E-state index contributed by atoms with van der Waals surface area (Å²) >= 11 is 5.14. The molecule has 1 heterocycles. The summed E-state index contributed by atoms with van der Waals surface area (Å²) in [5.74, 6) is 1.50. The van der Waals surface area contributed by atoms with E-state index in [-0.39, 0.29) is 12.6 Å². The number of methoxy groups -OCH3 is 1. The first kappa shape index (κ1) is 17.0. The van der Waals surface area contributed by atoms with Crippen molar-refractivity contribution in [3.05, 3.63) is 53.3 Å². The van der Waals surface area contributed by atoms with Crippen LogP contribution in [0.5, 0.6) is 17.2 Å². The minimum atomic E-state index is -0.270. The van der Waals surface area contributed by atoms with Crippen LogP contribution in [0.25, 0.3) is 0 Å². The standard InChI is InChI=1S/C17H16FN3O3S/c1-22-14-6-12(7-15-16(14)24-10-23-15)9-20-21-17(25)19-8-11-2-4-13(18)5-3-11/h2-7,9H,8,10H2,1H3,(H2,19,21,25)/b20-9-. The lowest BCUT2D eigenvalue weighted by Gasteiger charge is -2.07. The van der Waals surface area contributed by atoms with Crippen LogP contribution in [0, 0.1) is 5.82 Å². The molecule has 1 aliphatic rings. The fourth-order valence-electron chi connectivity index (χ4n) is 2.21. The Morgan fingerprint density at radius 3 is 2.88 bits per heavy atom. The maximum absolute atomic E-state index is 12.8. The number of hydrogen-bond acceptors (Lipinski definition) is 5. The number of hydrazone groups is 1. The molecule has 1 aliphatic heterocycles. The lowest BCUT2D eigenvalue weighted by Crippen LogP contribution is -2.31. The highest BCUT2D eigenvalue weighted by Gasteiger charge is 2.19. The summed E-state index contributed by atoms with van der Waals surface area (Å²) in [7, 11) is 1.56. The molecule has 0 saturated heterocycles. The van der Waals surface area contributed by atoms with Gasteiger partial charge in [0.1, 0.15) is 5.82 Å². The highest BCUT2D eigenvalue weighted by Crippen LogP contribution is 2.41.